The van der Waals surface area contributed by atoms with Crippen LogP contribution in [0.3, 0.4) is 0 Å². The van der Waals surface area contributed by atoms with E-state index in [-0.39, 0.29) is 22.0 Å². The molecule has 0 aliphatic carbocycles. The molecule has 19 heavy (non-hydrogen) atoms. The molecule has 0 aromatic heterocycles. The molecule has 0 saturated heterocycles. The first-order chi connectivity index (χ1) is 8.92. The Morgan fingerprint density at radius 3 is 2.74 bits per heavy atom. The van der Waals surface area contributed by atoms with Crippen LogP contribution in [-0.2, 0) is 10.0 Å². The smallest absolute Gasteiger partial charge is 0.243 e. The van der Waals surface area contributed by atoms with Crippen LogP contribution in [0.4, 0.5) is 4.39 Å². The molecule has 0 bridgehead atoms. The van der Waals surface area contributed by atoms with E-state index in [4.69, 9.17) is 5.73 Å². The van der Waals surface area contributed by atoms with Crippen molar-refractivity contribution in [3.63, 3.8) is 0 Å². The first-order valence-corrected chi connectivity index (χ1v) is 8.36. The minimum absolute atomic E-state index is 0.119. The highest BCUT2D eigenvalue weighted by molar-refractivity contribution is 9.10. The summed E-state index contributed by atoms with van der Waals surface area (Å²) in [7, 11) is -3.89. The molecule has 4 nitrogen and oxygen atoms in total. The van der Waals surface area contributed by atoms with Gasteiger partial charge in [0.1, 0.15) is 4.90 Å². The van der Waals surface area contributed by atoms with Crippen LogP contribution >= 0.6 is 15.9 Å². The highest BCUT2D eigenvalue weighted by Gasteiger charge is 2.23. The lowest BCUT2D eigenvalue weighted by molar-refractivity contribution is 0.509. The summed E-state index contributed by atoms with van der Waals surface area (Å²) in [6.45, 7) is 2.20. The molecule has 1 rings (SSSR count). The van der Waals surface area contributed by atoms with Crippen molar-refractivity contribution in [2.45, 2.75) is 37.1 Å². The Hall–Kier alpha value is -0.500. The number of halogens is 2. The molecule has 0 spiro atoms. The zero-order valence-electron chi connectivity index (χ0n) is 10.7. The lowest BCUT2D eigenvalue weighted by Gasteiger charge is -2.17. The number of benzene rings is 1. The number of sulfonamides is 1. The fourth-order valence-corrected chi connectivity index (χ4v) is 3.53. The van der Waals surface area contributed by atoms with E-state index in [0.29, 0.717) is 6.42 Å². The van der Waals surface area contributed by atoms with E-state index in [0.717, 1.165) is 12.8 Å². The predicted octanol–water partition coefficient (Wildman–Crippen LogP) is 2.38. The van der Waals surface area contributed by atoms with Crippen molar-refractivity contribution in [1.29, 1.82) is 0 Å². The Kier molecular flexibility index (Phi) is 6.38. The van der Waals surface area contributed by atoms with Gasteiger partial charge in [-0.05, 0) is 34.5 Å². The molecule has 1 aromatic rings. The Morgan fingerprint density at radius 1 is 1.47 bits per heavy atom. The number of hydrogen-bond acceptors (Lipinski definition) is 3. The molecular weight excluding hydrogens is 335 g/mol. The number of nitrogens with two attached hydrogens (primary N) is 1. The summed E-state index contributed by atoms with van der Waals surface area (Å²) < 4.78 is 40.6. The highest BCUT2D eigenvalue weighted by Crippen LogP contribution is 2.22. The monoisotopic (exact) mass is 352 g/mol. The molecule has 0 amide bonds. The van der Waals surface area contributed by atoms with Crippen molar-refractivity contribution >= 4 is 26.0 Å². The minimum Gasteiger partial charge on any atom is -0.329 e. The summed E-state index contributed by atoms with van der Waals surface area (Å²) in [4.78, 5) is -0.364. The van der Waals surface area contributed by atoms with Gasteiger partial charge in [0.05, 0.1) is 4.47 Å². The van der Waals surface area contributed by atoms with Crippen LogP contribution < -0.4 is 10.5 Å². The molecule has 1 unspecified atom stereocenters. The molecule has 108 valence electrons. The fraction of sp³-hybridized carbons (Fsp3) is 0.500. The lowest BCUT2D eigenvalue weighted by atomic mass is 10.1. The molecule has 7 heteroatoms. The highest BCUT2D eigenvalue weighted by atomic mass is 79.9. The van der Waals surface area contributed by atoms with Gasteiger partial charge in [0.15, 0.2) is 5.82 Å². The van der Waals surface area contributed by atoms with Crippen molar-refractivity contribution in [1.82, 2.24) is 4.72 Å². The fourth-order valence-electron chi connectivity index (χ4n) is 1.65. The average molecular weight is 353 g/mol. The van der Waals surface area contributed by atoms with Gasteiger partial charge in [-0.25, -0.2) is 17.5 Å². The normalized spacial score (nSPS) is 13.5. The molecule has 3 N–H and O–H groups in total. The summed E-state index contributed by atoms with van der Waals surface area (Å²) in [6, 6.07) is 3.79. The number of nitrogens with one attached hydrogen (secondary N) is 1. The van der Waals surface area contributed by atoms with Crippen LogP contribution in [0.15, 0.2) is 27.6 Å². The van der Waals surface area contributed by atoms with Crippen LogP contribution in [0.1, 0.15) is 26.2 Å². The van der Waals surface area contributed by atoms with E-state index in [1.807, 2.05) is 6.92 Å². The third-order valence-electron chi connectivity index (χ3n) is 2.72. The van der Waals surface area contributed by atoms with E-state index < -0.39 is 15.8 Å². The first-order valence-electron chi connectivity index (χ1n) is 6.08. The summed E-state index contributed by atoms with van der Waals surface area (Å²) >= 11 is 2.97. The second-order valence-electron chi connectivity index (χ2n) is 4.25. The Labute approximate surface area is 121 Å². The molecule has 0 aliphatic heterocycles. The Bertz CT molecular complexity index is 522. The van der Waals surface area contributed by atoms with Gasteiger partial charge < -0.3 is 5.73 Å². The van der Waals surface area contributed by atoms with Gasteiger partial charge in [0.25, 0.3) is 0 Å². The SMILES string of the molecule is CCCCC(CN)NS(=O)(=O)c1cccc(Br)c1F. The van der Waals surface area contributed by atoms with Gasteiger partial charge in [0, 0.05) is 12.6 Å². The maximum Gasteiger partial charge on any atom is 0.243 e. The van der Waals surface area contributed by atoms with Gasteiger partial charge in [-0.2, -0.15) is 0 Å². The third-order valence-corrected chi connectivity index (χ3v) is 4.87. The number of rotatable bonds is 7. The second-order valence-corrected chi connectivity index (χ2v) is 6.78. The van der Waals surface area contributed by atoms with Crippen LogP contribution in [0.2, 0.25) is 0 Å². The van der Waals surface area contributed by atoms with Gasteiger partial charge in [-0.3, -0.25) is 0 Å². The first kappa shape index (κ1) is 16.6. The molecule has 1 atom stereocenters. The maximum atomic E-state index is 13.8. The van der Waals surface area contributed by atoms with Gasteiger partial charge in [-0.1, -0.05) is 25.8 Å². The summed E-state index contributed by atoms with van der Waals surface area (Å²) in [6.07, 6.45) is 2.46. The Morgan fingerprint density at radius 2 is 2.16 bits per heavy atom. The zero-order valence-corrected chi connectivity index (χ0v) is 13.1. The van der Waals surface area contributed by atoms with E-state index in [1.165, 1.54) is 18.2 Å². The van der Waals surface area contributed by atoms with Crippen molar-refractivity contribution in [3.8, 4) is 0 Å². The number of unbranched alkanes of at least 4 members (excludes halogenated alkanes) is 1. The van der Waals surface area contributed by atoms with E-state index in [2.05, 4.69) is 20.7 Å². The van der Waals surface area contributed by atoms with Gasteiger partial charge >= 0.3 is 0 Å². The zero-order chi connectivity index (χ0) is 14.5. The average Bonchev–Trinajstić information content (AvgIpc) is 2.37. The molecule has 0 aliphatic rings. The lowest BCUT2D eigenvalue weighted by Crippen LogP contribution is -2.40. The maximum absolute atomic E-state index is 13.8. The van der Waals surface area contributed by atoms with E-state index in [9.17, 15) is 12.8 Å². The van der Waals surface area contributed by atoms with Gasteiger partial charge in [0.2, 0.25) is 10.0 Å². The minimum atomic E-state index is -3.89. The van der Waals surface area contributed by atoms with Crippen LogP contribution in [0.5, 0.6) is 0 Å². The second kappa shape index (κ2) is 7.33. The van der Waals surface area contributed by atoms with E-state index >= 15 is 0 Å². The van der Waals surface area contributed by atoms with Crippen molar-refractivity contribution in [2.75, 3.05) is 6.54 Å². The van der Waals surface area contributed by atoms with E-state index in [1.54, 1.807) is 0 Å². The third kappa shape index (κ3) is 4.52. The van der Waals surface area contributed by atoms with Crippen LogP contribution in [0, 0.1) is 5.82 Å². The van der Waals surface area contributed by atoms with Crippen molar-refractivity contribution in [3.05, 3.63) is 28.5 Å². The molecule has 0 saturated carbocycles. The molecule has 0 heterocycles. The summed E-state index contributed by atoms with van der Waals surface area (Å²) in [5.41, 5.74) is 5.54. The topological polar surface area (TPSA) is 72.2 Å². The largest absolute Gasteiger partial charge is 0.329 e. The standard InChI is InChI=1S/C12H18BrFN2O2S/c1-2-3-5-9(8-15)16-19(17,18)11-7-4-6-10(13)12(11)14/h4,6-7,9,16H,2-3,5,8,15H2,1H3. The van der Waals surface area contributed by atoms with Crippen molar-refractivity contribution < 1.29 is 12.8 Å². The summed E-state index contributed by atoms with van der Waals surface area (Å²) in [5, 5.41) is 0. The molecule has 0 radical (unpaired) electrons. The quantitative estimate of drug-likeness (QED) is 0.791. The summed E-state index contributed by atoms with van der Waals surface area (Å²) in [5.74, 6) is -0.790. The van der Waals surface area contributed by atoms with Crippen molar-refractivity contribution in [2.24, 2.45) is 5.73 Å². The van der Waals surface area contributed by atoms with Crippen LogP contribution in [0.25, 0.3) is 0 Å². The molecule has 0 fully saturated rings. The van der Waals surface area contributed by atoms with Crippen LogP contribution in [-0.4, -0.2) is 21.0 Å². The van der Waals surface area contributed by atoms with Gasteiger partial charge in [-0.15, -0.1) is 0 Å². The molecular formula is C12H18BrFN2O2S. The molecule has 1 aromatic carbocycles. The Balaban J connectivity index is 2.94. The predicted molar refractivity (Wildman–Crippen MR) is 76.8 cm³/mol. The number of hydrogen-bond donors (Lipinski definition) is 2.